The zero-order valence-electron chi connectivity index (χ0n) is 10.8. The second kappa shape index (κ2) is 7.82. The normalized spacial score (nSPS) is 18.9. The Labute approximate surface area is 99.8 Å². The van der Waals surface area contributed by atoms with E-state index in [-0.39, 0.29) is 0 Å². The summed E-state index contributed by atoms with van der Waals surface area (Å²) < 4.78 is 5.43. The Morgan fingerprint density at radius 2 is 2.12 bits per heavy atom. The molecule has 0 aromatic carbocycles. The van der Waals surface area contributed by atoms with Gasteiger partial charge in [-0.05, 0) is 52.4 Å². The highest BCUT2D eigenvalue weighted by molar-refractivity contribution is 4.87. The molecule has 0 bridgehead atoms. The van der Waals surface area contributed by atoms with Gasteiger partial charge in [0.15, 0.2) is 0 Å². The van der Waals surface area contributed by atoms with Crippen LogP contribution in [0.4, 0.5) is 0 Å². The van der Waals surface area contributed by atoms with Crippen LogP contribution in [-0.2, 0) is 4.74 Å². The number of ether oxygens (including phenoxy) is 1. The lowest BCUT2D eigenvalue weighted by Gasteiger charge is -2.29. The van der Waals surface area contributed by atoms with Crippen molar-refractivity contribution >= 4 is 0 Å². The summed E-state index contributed by atoms with van der Waals surface area (Å²) >= 11 is 0. The highest BCUT2D eigenvalue weighted by atomic mass is 16.5. The molecule has 1 aliphatic heterocycles. The fraction of sp³-hybridized carbons (Fsp3) is 0.846. The van der Waals surface area contributed by atoms with Crippen LogP contribution < -0.4 is 5.32 Å². The fourth-order valence-electron chi connectivity index (χ4n) is 1.96. The number of nitrogens with one attached hydrogen (secondary N) is 1. The largest absolute Gasteiger partial charge is 0.376 e. The molecule has 0 aromatic rings. The predicted octanol–water partition coefficient (Wildman–Crippen LogP) is 1.51. The molecule has 1 rings (SSSR count). The van der Waals surface area contributed by atoms with Crippen LogP contribution in [0.5, 0.6) is 0 Å². The van der Waals surface area contributed by atoms with E-state index in [0.717, 1.165) is 31.2 Å². The smallest absolute Gasteiger partial charge is 0.0672 e. The van der Waals surface area contributed by atoms with Gasteiger partial charge in [0.05, 0.1) is 13.2 Å². The van der Waals surface area contributed by atoms with Gasteiger partial charge in [-0.1, -0.05) is 12.2 Å². The lowest BCUT2D eigenvalue weighted by molar-refractivity contribution is 0.154. The Kier molecular flexibility index (Phi) is 6.69. The highest BCUT2D eigenvalue weighted by Crippen LogP contribution is 2.14. The quantitative estimate of drug-likeness (QED) is 0.526. The molecule has 0 amide bonds. The van der Waals surface area contributed by atoms with Crippen molar-refractivity contribution in [3.05, 3.63) is 12.2 Å². The lowest BCUT2D eigenvalue weighted by Crippen LogP contribution is -2.35. The van der Waals surface area contributed by atoms with E-state index in [9.17, 15) is 0 Å². The minimum atomic E-state index is 0.690. The molecule has 0 spiro atoms. The van der Waals surface area contributed by atoms with E-state index in [1.54, 1.807) is 0 Å². The molecule has 0 saturated carbocycles. The first kappa shape index (κ1) is 13.7. The minimum absolute atomic E-state index is 0.690. The third-order valence-corrected chi connectivity index (χ3v) is 3.04. The first-order valence-corrected chi connectivity index (χ1v) is 6.30. The predicted molar refractivity (Wildman–Crippen MR) is 68.7 cm³/mol. The van der Waals surface area contributed by atoms with Crippen LogP contribution in [0.1, 0.15) is 19.8 Å². The molecule has 0 unspecified atom stereocenters. The van der Waals surface area contributed by atoms with E-state index in [4.69, 9.17) is 4.74 Å². The van der Waals surface area contributed by atoms with Crippen molar-refractivity contribution in [3.8, 4) is 0 Å². The maximum Gasteiger partial charge on any atom is 0.0672 e. The Bertz CT molecular complexity index is 198. The molecule has 0 atom stereocenters. The van der Waals surface area contributed by atoms with Crippen molar-refractivity contribution in [3.63, 3.8) is 0 Å². The summed E-state index contributed by atoms with van der Waals surface area (Å²) in [6, 6.07) is 0. The van der Waals surface area contributed by atoms with E-state index < -0.39 is 0 Å². The summed E-state index contributed by atoms with van der Waals surface area (Å²) in [6.07, 6.45) is 2.66. The average molecular weight is 226 g/mol. The number of likely N-dealkylation sites (tertiary alicyclic amines) is 1. The summed E-state index contributed by atoms with van der Waals surface area (Å²) in [7, 11) is 2.20. The second-order valence-electron chi connectivity index (χ2n) is 4.96. The summed E-state index contributed by atoms with van der Waals surface area (Å²) in [5.74, 6) is 0.859. The van der Waals surface area contributed by atoms with E-state index in [1.165, 1.54) is 25.9 Å². The number of nitrogens with zero attached hydrogens (tertiary/aromatic N) is 1. The number of hydrogen-bond donors (Lipinski definition) is 1. The minimum Gasteiger partial charge on any atom is -0.376 e. The van der Waals surface area contributed by atoms with E-state index in [2.05, 4.69) is 23.8 Å². The van der Waals surface area contributed by atoms with Gasteiger partial charge in [0, 0.05) is 6.54 Å². The van der Waals surface area contributed by atoms with Crippen molar-refractivity contribution in [2.24, 2.45) is 5.92 Å². The molecule has 1 N–H and O–H groups in total. The van der Waals surface area contributed by atoms with Gasteiger partial charge >= 0.3 is 0 Å². The molecule has 1 aliphatic rings. The van der Waals surface area contributed by atoms with Crippen molar-refractivity contribution in [2.45, 2.75) is 19.8 Å². The topological polar surface area (TPSA) is 24.5 Å². The van der Waals surface area contributed by atoms with Gasteiger partial charge in [0.1, 0.15) is 0 Å². The molecule has 1 fully saturated rings. The van der Waals surface area contributed by atoms with Crippen LogP contribution in [0.3, 0.4) is 0 Å². The SMILES string of the molecule is C=C(C)COCCNCC1CCN(C)CC1. The first-order chi connectivity index (χ1) is 7.68. The summed E-state index contributed by atoms with van der Waals surface area (Å²) in [5.41, 5.74) is 1.09. The van der Waals surface area contributed by atoms with Crippen molar-refractivity contribution in [2.75, 3.05) is 46.4 Å². The second-order valence-corrected chi connectivity index (χ2v) is 4.96. The maximum atomic E-state index is 5.43. The molecule has 1 heterocycles. The first-order valence-electron chi connectivity index (χ1n) is 6.30. The molecule has 1 saturated heterocycles. The lowest BCUT2D eigenvalue weighted by atomic mass is 9.97. The van der Waals surface area contributed by atoms with Crippen LogP contribution in [0.2, 0.25) is 0 Å². The molecule has 0 aromatic heterocycles. The van der Waals surface area contributed by atoms with E-state index in [0.29, 0.717) is 6.61 Å². The summed E-state index contributed by atoms with van der Waals surface area (Å²) in [4.78, 5) is 2.41. The van der Waals surface area contributed by atoms with Crippen LogP contribution in [-0.4, -0.2) is 51.3 Å². The van der Waals surface area contributed by atoms with Crippen molar-refractivity contribution < 1.29 is 4.74 Å². The molecular weight excluding hydrogens is 200 g/mol. The number of piperidine rings is 1. The van der Waals surface area contributed by atoms with Gasteiger partial charge in [0.2, 0.25) is 0 Å². The van der Waals surface area contributed by atoms with Crippen LogP contribution >= 0.6 is 0 Å². The molecule has 16 heavy (non-hydrogen) atoms. The highest BCUT2D eigenvalue weighted by Gasteiger charge is 2.15. The molecule has 0 radical (unpaired) electrons. The third-order valence-electron chi connectivity index (χ3n) is 3.04. The zero-order valence-corrected chi connectivity index (χ0v) is 10.8. The van der Waals surface area contributed by atoms with Crippen LogP contribution in [0.25, 0.3) is 0 Å². The third kappa shape index (κ3) is 6.26. The Morgan fingerprint density at radius 3 is 2.75 bits per heavy atom. The molecule has 3 nitrogen and oxygen atoms in total. The summed E-state index contributed by atoms with van der Waals surface area (Å²) in [6.45, 7) is 11.9. The molecule has 0 aliphatic carbocycles. The molecule has 3 heteroatoms. The van der Waals surface area contributed by atoms with Gasteiger partial charge < -0.3 is 15.0 Å². The van der Waals surface area contributed by atoms with Crippen molar-refractivity contribution in [1.82, 2.24) is 10.2 Å². The summed E-state index contributed by atoms with van der Waals surface area (Å²) in [5, 5.41) is 3.47. The Hall–Kier alpha value is -0.380. The van der Waals surface area contributed by atoms with Crippen LogP contribution in [0.15, 0.2) is 12.2 Å². The van der Waals surface area contributed by atoms with Gasteiger partial charge in [-0.3, -0.25) is 0 Å². The van der Waals surface area contributed by atoms with Gasteiger partial charge in [-0.2, -0.15) is 0 Å². The van der Waals surface area contributed by atoms with Crippen molar-refractivity contribution in [1.29, 1.82) is 0 Å². The van der Waals surface area contributed by atoms with Gasteiger partial charge in [-0.25, -0.2) is 0 Å². The van der Waals surface area contributed by atoms with Crippen LogP contribution in [0, 0.1) is 5.92 Å². The zero-order chi connectivity index (χ0) is 11.8. The molecular formula is C13H26N2O. The van der Waals surface area contributed by atoms with E-state index in [1.807, 2.05) is 6.92 Å². The number of rotatable bonds is 7. The van der Waals surface area contributed by atoms with Gasteiger partial charge in [-0.15, -0.1) is 0 Å². The average Bonchev–Trinajstić information content (AvgIpc) is 2.25. The fourth-order valence-corrected chi connectivity index (χ4v) is 1.96. The monoisotopic (exact) mass is 226 g/mol. The Morgan fingerprint density at radius 1 is 1.44 bits per heavy atom. The maximum absolute atomic E-state index is 5.43. The van der Waals surface area contributed by atoms with Gasteiger partial charge in [0.25, 0.3) is 0 Å². The Balaban J connectivity index is 1.89. The number of hydrogen-bond acceptors (Lipinski definition) is 3. The standard InChI is InChI=1S/C13H26N2O/c1-12(2)11-16-9-6-14-10-13-4-7-15(3)8-5-13/h13-14H,1,4-11H2,2-3H3. The molecule has 94 valence electrons. The van der Waals surface area contributed by atoms with E-state index >= 15 is 0 Å².